The lowest BCUT2D eigenvalue weighted by Gasteiger charge is -2.11. The quantitative estimate of drug-likeness (QED) is 0.908. The molecular weight excluding hydrogens is 287 g/mol. The van der Waals surface area contributed by atoms with Crippen molar-refractivity contribution in [2.75, 3.05) is 17.3 Å². The molecule has 0 unspecified atom stereocenters. The van der Waals surface area contributed by atoms with Crippen LogP contribution < -0.4 is 5.32 Å². The number of thioether (sulfide) groups is 1. The first-order chi connectivity index (χ1) is 8.34. The Hall–Kier alpha value is -0.880. The largest absolute Gasteiger partial charge is 0.417 e. The molecule has 0 heterocycles. The smallest absolute Gasteiger partial charge is 0.326 e. The minimum Gasteiger partial charge on any atom is -0.326 e. The molecule has 0 aromatic heterocycles. The second-order valence-electron chi connectivity index (χ2n) is 3.48. The zero-order valence-corrected chi connectivity index (χ0v) is 11.0. The summed E-state index contributed by atoms with van der Waals surface area (Å²) in [6.07, 6.45) is -2.43. The third kappa shape index (κ3) is 4.42. The molecule has 1 rings (SSSR count). The lowest BCUT2D eigenvalue weighted by atomic mass is 10.2. The van der Waals surface area contributed by atoms with Crippen LogP contribution in [0.2, 0.25) is 5.02 Å². The van der Waals surface area contributed by atoms with Gasteiger partial charge in [0.1, 0.15) is 0 Å². The van der Waals surface area contributed by atoms with Crippen molar-refractivity contribution in [3.63, 3.8) is 0 Å². The standard InChI is InChI=1S/C11H11ClF3NOS/c1-18-5-4-10(17)16-7-2-3-9(12)8(6-7)11(13,14)15/h2-3,6H,4-5H2,1H3,(H,16,17). The summed E-state index contributed by atoms with van der Waals surface area (Å²) in [5.74, 6) is 0.297. The minimum absolute atomic E-state index is 0.0952. The van der Waals surface area contributed by atoms with Crippen LogP contribution in [-0.2, 0) is 11.0 Å². The van der Waals surface area contributed by atoms with Gasteiger partial charge in [0.25, 0.3) is 0 Å². The van der Waals surface area contributed by atoms with Gasteiger partial charge in [-0.05, 0) is 24.5 Å². The molecule has 100 valence electrons. The van der Waals surface area contributed by atoms with Gasteiger partial charge in [-0.2, -0.15) is 24.9 Å². The first-order valence-electron chi connectivity index (χ1n) is 5.00. The summed E-state index contributed by atoms with van der Waals surface area (Å²) in [6, 6.07) is 3.29. The third-order valence-corrected chi connectivity index (χ3v) is 3.03. The van der Waals surface area contributed by atoms with E-state index in [0.29, 0.717) is 5.75 Å². The van der Waals surface area contributed by atoms with Crippen molar-refractivity contribution >= 4 is 35.0 Å². The molecule has 1 aromatic carbocycles. The SMILES string of the molecule is CSCCC(=O)Nc1ccc(Cl)c(C(F)(F)F)c1. The highest BCUT2D eigenvalue weighted by Gasteiger charge is 2.33. The summed E-state index contributed by atoms with van der Waals surface area (Å²) in [5.41, 5.74) is -0.857. The molecule has 1 aromatic rings. The first kappa shape index (κ1) is 15.2. The summed E-state index contributed by atoms with van der Waals surface area (Å²) in [4.78, 5) is 11.4. The Morgan fingerprint density at radius 3 is 2.67 bits per heavy atom. The van der Waals surface area contributed by atoms with Crippen LogP contribution in [0.25, 0.3) is 0 Å². The number of hydrogen-bond donors (Lipinski definition) is 1. The predicted octanol–water partition coefficient (Wildman–Crippen LogP) is 4.05. The predicted molar refractivity (Wildman–Crippen MR) is 68.1 cm³/mol. The van der Waals surface area contributed by atoms with Gasteiger partial charge in [-0.1, -0.05) is 11.6 Å². The number of benzene rings is 1. The van der Waals surface area contributed by atoms with Crippen molar-refractivity contribution in [2.45, 2.75) is 12.6 Å². The van der Waals surface area contributed by atoms with E-state index in [9.17, 15) is 18.0 Å². The number of hydrogen-bond acceptors (Lipinski definition) is 2. The molecule has 0 radical (unpaired) electrons. The third-order valence-electron chi connectivity index (χ3n) is 2.09. The van der Waals surface area contributed by atoms with Crippen molar-refractivity contribution in [3.05, 3.63) is 28.8 Å². The Kier molecular flexibility index (Phi) is 5.34. The van der Waals surface area contributed by atoms with Crippen LogP contribution >= 0.6 is 23.4 Å². The lowest BCUT2D eigenvalue weighted by Crippen LogP contribution is -2.13. The topological polar surface area (TPSA) is 29.1 Å². The maximum Gasteiger partial charge on any atom is 0.417 e. The van der Waals surface area contributed by atoms with Gasteiger partial charge >= 0.3 is 6.18 Å². The second-order valence-corrected chi connectivity index (χ2v) is 4.88. The zero-order valence-electron chi connectivity index (χ0n) is 9.47. The van der Waals surface area contributed by atoms with Crippen molar-refractivity contribution in [2.24, 2.45) is 0 Å². The Balaban J connectivity index is 2.83. The number of anilines is 1. The summed E-state index contributed by atoms with van der Waals surface area (Å²) >= 11 is 6.95. The molecule has 1 N–H and O–H groups in total. The maximum absolute atomic E-state index is 12.6. The number of amides is 1. The fourth-order valence-corrected chi connectivity index (χ4v) is 1.85. The highest BCUT2D eigenvalue weighted by atomic mass is 35.5. The van der Waals surface area contributed by atoms with Gasteiger partial charge in [-0.25, -0.2) is 0 Å². The van der Waals surface area contributed by atoms with Crippen LogP contribution in [-0.4, -0.2) is 17.9 Å². The van der Waals surface area contributed by atoms with E-state index >= 15 is 0 Å². The zero-order chi connectivity index (χ0) is 13.8. The van der Waals surface area contributed by atoms with E-state index in [1.165, 1.54) is 17.8 Å². The average molecular weight is 298 g/mol. The normalized spacial score (nSPS) is 11.4. The fraction of sp³-hybridized carbons (Fsp3) is 0.364. The van der Waals surface area contributed by atoms with Crippen molar-refractivity contribution in [1.29, 1.82) is 0 Å². The molecule has 0 saturated carbocycles. The molecule has 0 fully saturated rings. The summed E-state index contributed by atoms with van der Waals surface area (Å²) in [7, 11) is 0. The molecule has 0 spiro atoms. The number of alkyl halides is 3. The molecule has 7 heteroatoms. The Morgan fingerprint density at radius 1 is 1.44 bits per heavy atom. The van der Waals surface area contributed by atoms with Gasteiger partial charge in [-0.3, -0.25) is 4.79 Å². The number of halogens is 4. The maximum atomic E-state index is 12.6. The second kappa shape index (κ2) is 6.33. The summed E-state index contributed by atoms with van der Waals surface area (Å²) < 4.78 is 37.7. The van der Waals surface area contributed by atoms with Crippen LogP contribution in [0.15, 0.2) is 18.2 Å². The van der Waals surface area contributed by atoms with E-state index in [1.54, 1.807) is 0 Å². The molecule has 0 saturated heterocycles. The van der Waals surface area contributed by atoms with E-state index in [0.717, 1.165) is 12.1 Å². The molecule has 0 atom stereocenters. The van der Waals surface area contributed by atoms with Crippen LogP contribution in [0.4, 0.5) is 18.9 Å². The minimum atomic E-state index is -4.53. The van der Waals surface area contributed by atoms with E-state index in [1.807, 2.05) is 6.26 Å². The van der Waals surface area contributed by atoms with Gasteiger partial charge in [0.2, 0.25) is 5.91 Å². The van der Waals surface area contributed by atoms with E-state index in [4.69, 9.17) is 11.6 Å². The average Bonchev–Trinajstić information content (AvgIpc) is 2.27. The van der Waals surface area contributed by atoms with Gasteiger partial charge in [-0.15, -0.1) is 0 Å². The molecular formula is C11H11ClF3NOS. The highest BCUT2D eigenvalue weighted by molar-refractivity contribution is 7.98. The van der Waals surface area contributed by atoms with Crippen molar-refractivity contribution < 1.29 is 18.0 Å². The summed E-state index contributed by atoms with van der Waals surface area (Å²) in [5, 5.41) is 2.02. The fourth-order valence-electron chi connectivity index (χ4n) is 1.24. The first-order valence-corrected chi connectivity index (χ1v) is 6.77. The van der Waals surface area contributed by atoms with E-state index in [2.05, 4.69) is 5.32 Å². The number of rotatable bonds is 4. The van der Waals surface area contributed by atoms with Gasteiger partial charge in [0.05, 0.1) is 10.6 Å². The van der Waals surface area contributed by atoms with Gasteiger partial charge < -0.3 is 5.32 Å². The van der Waals surface area contributed by atoms with Crippen molar-refractivity contribution in [1.82, 2.24) is 0 Å². The van der Waals surface area contributed by atoms with Gasteiger partial charge in [0.15, 0.2) is 0 Å². The molecule has 1 amide bonds. The van der Waals surface area contributed by atoms with Crippen LogP contribution in [0.1, 0.15) is 12.0 Å². The number of carbonyl (C=O) groups is 1. The van der Waals surface area contributed by atoms with Crippen LogP contribution in [0.5, 0.6) is 0 Å². The molecule has 0 bridgehead atoms. The Bertz CT molecular complexity index is 437. The van der Waals surface area contributed by atoms with Gasteiger partial charge in [0, 0.05) is 17.9 Å². The number of carbonyl (C=O) groups excluding carboxylic acids is 1. The van der Waals surface area contributed by atoms with Crippen molar-refractivity contribution in [3.8, 4) is 0 Å². The van der Waals surface area contributed by atoms with E-state index in [-0.39, 0.29) is 23.0 Å². The Morgan fingerprint density at radius 2 is 2.11 bits per heavy atom. The highest BCUT2D eigenvalue weighted by Crippen LogP contribution is 2.36. The van der Waals surface area contributed by atoms with E-state index < -0.39 is 11.7 Å². The molecule has 0 aliphatic carbocycles. The molecule has 0 aliphatic heterocycles. The van der Waals surface area contributed by atoms with Crippen LogP contribution in [0.3, 0.4) is 0 Å². The lowest BCUT2D eigenvalue weighted by molar-refractivity contribution is -0.137. The molecule has 0 aliphatic rings. The monoisotopic (exact) mass is 297 g/mol. The Labute approximate surface area is 112 Å². The molecule has 18 heavy (non-hydrogen) atoms. The number of nitrogens with one attached hydrogen (secondary N) is 1. The van der Waals surface area contributed by atoms with Crippen LogP contribution in [0, 0.1) is 0 Å². The molecule has 2 nitrogen and oxygen atoms in total. The summed E-state index contributed by atoms with van der Waals surface area (Å²) in [6.45, 7) is 0.